The van der Waals surface area contributed by atoms with Crippen LogP contribution in [0.4, 0.5) is 0 Å². The highest BCUT2D eigenvalue weighted by Gasteiger charge is 2.12. The van der Waals surface area contributed by atoms with Gasteiger partial charge in [-0.15, -0.1) is 22.7 Å². The number of nitrogens with two attached hydrogens (primary N) is 1. The molecule has 1 atom stereocenters. The molecule has 0 fully saturated rings. The normalized spacial score (nSPS) is 13.0. The largest absolute Gasteiger partial charge is 0.323 e. The molecule has 0 aliphatic heterocycles. The van der Waals surface area contributed by atoms with Crippen LogP contribution in [-0.2, 0) is 6.42 Å². The molecule has 2 N–H and O–H groups in total. The molecular formula is C14H11Cl2NS2. The van der Waals surface area contributed by atoms with Crippen LogP contribution in [0.1, 0.15) is 16.5 Å². The number of halogens is 2. The molecule has 0 saturated carbocycles. The predicted molar refractivity (Wildman–Crippen MR) is 86.8 cm³/mol. The number of hydrogen-bond donors (Lipinski definition) is 1. The zero-order valence-electron chi connectivity index (χ0n) is 9.90. The van der Waals surface area contributed by atoms with Crippen LogP contribution < -0.4 is 5.73 Å². The highest BCUT2D eigenvalue weighted by molar-refractivity contribution is 7.26. The molecule has 2 heterocycles. The molecule has 2 aromatic heterocycles. The first-order chi connectivity index (χ1) is 9.13. The van der Waals surface area contributed by atoms with Crippen LogP contribution in [0.3, 0.4) is 0 Å². The summed E-state index contributed by atoms with van der Waals surface area (Å²) in [4.78, 5) is 1.22. The lowest BCUT2D eigenvalue weighted by Crippen LogP contribution is -2.11. The maximum Gasteiger partial charge on any atom is 0.0595 e. The van der Waals surface area contributed by atoms with Gasteiger partial charge in [0.05, 0.1) is 10.0 Å². The van der Waals surface area contributed by atoms with Crippen molar-refractivity contribution in [3.8, 4) is 0 Å². The molecule has 1 unspecified atom stereocenters. The summed E-state index contributed by atoms with van der Waals surface area (Å²) in [5.74, 6) is 0. The Balaban J connectivity index is 1.82. The van der Waals surface area contributed by atoms with Gasteiger partial charge in [0.2, 0.25) is 0 Å². The first kappa shape index (κ1) is 13.4. The Bertz CT molecular complexity index is 689. The molecule has 0 aliphatic carbocycles. The lowest BCUT2D eigenvalue weighted by atomic mass is 10.1. The maximum atomic E-state index is 6.28. The van der Waals surface area contributed by atoms with Gasteiger partial charge in [-0.2, -0.15) is 0 Å². The Kier molecular flexibility index (Phi) is 3.83. The Hall–Kier alpha value is -0.580. The van der Waals surface area contributed by atoms with Crippen molar-refractivity contribution in [1.29, 1.82) is 0 Å². The Morgan fingerprint density at radius 3 is 2.63 bits per heavy atom. The molecule has 5 heteroatoms. The van der Waals surface area contributed by atoms with E-state index in [4.69, 9.17) is 28.9 Å². The third-order valence-corrected chi connectivity index (χ3v) is 5.93. The predicted octanol–water partition coefficient (Wildman–Crippen LogP) is 5.51. The second-order valence-corrected chi connectivity index (χ2v) is 7.23. The number of thiophene rings is 2. The first-order valence-corrected chi connectivity index (χ1v) is 8.25. The lowest BCUT2D eigenvalue weighted by molar-refractivity contribution is 0.737. The number of benzene rings is 1. The van der Waals surface area contributed by atoms with E-state index in [1.165, 1.54) is 14.3 Å². The maximum absolute atomic E-state index is 6.28. The fourth-order valence-electron chi connectivity index (χ4n) is 1.99. The zero-order chi connectivity index (χ0) is 13.4. The van der Waals surface area contributed by atoms with E-state index < -0.39 is 0 Å². The molecule has 1 aromatic carbocycles. The molecule has 98 valence electrons. The van der Waals surface area contributed by atoms with E-state index in [1.54, 1.807) is 22.7 Å². The van der Waals surface area contributed by atoms with E-state index in [1.807, 2.05) is 18.2 Å². The van der Waals surface area contributed by atoms with Gasteiger partial charge in [0.15, 0.2) is 0 Å². The van der Waals surface area contributed by atoms with Crippen molar-refractivity contribution in [3.63, 3.8) is 0 Å². The van der Waals surface area contributed by atoms with Crippen LogP contribution >= 0.6 is 45.9 Å². The SMILES string of the molecule is NC(Cc1ccc(Cl)c(Cl)c1)c1cc2sccc2s1. The fourth-order valence-corrected chi connectivity index (χ4v) is 4.43. The van der Waals surface area contributed by atoms with Crippen molar-refractivity contribution < 1.29 is 0 Å². The minimum atomic E-state index is 0.00171. The molecule has 3 aromatic rings. The van der Waals surface area contributed by atoms with Gasteiger partial charge in [0.1, 0.15) is 0 Å². The van der Waals surface area contributed by atoms with Crippen LogP contribution in [0, 0.1) is 0 Å². The molecule has 0 radical (unpaired) electrons. The summed E-state index contributed by atoms with van der Waals surface area (Å²) in [5.41, 5.74) is 7.39. The van der Waals surface area contributed by atoms with Gasteiger partial charge in [-0.3, -0.25) is 0 Å². The zero-order valence-corrected chi connectivity index (χ0v) is 13.0. The lowest BCUT2D eigenvalue weighted by Gasteiger charge is -2.10. The van der Waals surface area contributed by atoms with Gasteiger partial charge >= 0.3 is 0 Å². The van der Waals surface area contributed by atoms with Crippen LogP contribution in [0.15, 0.2) is 35.7 Å². The van der Waals surface area contributed by atoms with Crippen molar-refractivity contribution in [3.05, 3.63) is 56.2 Å². The quantitative estimate of drug-likeness (QED) is 0.674. The summed E-state index contributed by atoms with van der Waals surface area (Å²) in [6.07, 6.45) is 0.769. The van der Waals surface area contributed by atoms with Crippen LogP contribution in [0.2, 0.25) is 10.0 Å². The summed E-state index contributed by atoms with van der Waals surface area (Å²) >= 11 is 15.5. The standard InChI is InChI=1S/C14H11Cl2NS2/c15-9-2-1-8(5-10(9)16)6-11(17)13-7-14-12(19-13)3-4-18-14/h1-5,7,11H,6,17H2. The minimum absolute atomic E-state index is 0.00171. The molecule has 0 aliphatic rings. The Labute approximate surface area is 129 Å². The van der Waals surface area contributed by atoms with Crippen LogP contribution in [-0.4, -0.2) is 0 Å². The number of hydrogen-bond acceptors (Lipinski definition) is 3. The second-order valence-electron chi connectivity index (χ2n) is 4.36. The van der Waals surface area contributed by atoms with E-state index in [2.05, 4.69) is 17.5 Å². The molecule has 0 spiro atoms. The van der Waals surface area contributed by atoms with Crippen molar-refractivity contribution >= 4 is 55.3 Å². The van der Waals surface area contributed by atoms with Gasteiger partial charge in [0, 0.05) is 20.3 Å². The smallest absolute Gasteiger partial charge is 0.0595 e. The van der Waals surface area contributed by atoms with Gasteiger partial charge in [0.25, 0.3) is 0 Å². The third-order valence-electron chi connectivity index (χ3n) is 2.96. The van der Waals surface area contributed by atoms with Crippen molar-refractivity contribution in [2.75, 3.05) is 0 Å². The van der Waals surface area contributed by atoms with E-state index >= 15 is 0 Å². The molecule has 0 bridgehead atoms. The molecule has 0 amide bonds. The van der Waals surface area contributed by atoms with E-state index in [0.717, 1.165) is 12.0 Å². The fraction of sp³-hybridized carbons (Fsp3) is 0.143. The van der Waals surface area contributed by atoms with Gasteiger partial charge in [-0.1, -0.05) is 29.3 Å². The van der Waals surface area contributed by atoms with Crippen molar-refractivity contribution in [2.45, 2.75) is 12.5 Å². The monoisotopic (exact) mass is 327 g/mol. The first-order valence-electron chi connectivity index (χ1n) is 5.80. The Morgan fingerprint density at radius 1 is 1.05 bits per heavy atom. The number of fused-ring (bicyclic) bond motifs is 1. The summed E-state index contributed by atoms with van der Waals surface area (Å²) in [7, 11) is 0. The summed E-state index contributed by atoms with van der Waals surface area (Å²) < 4.78 is 2.62. The second kappa shape index (κ2) is 5.43. The van der Waals surface area contributed by atoms with E-state index in [0.29, 0.717) is 10.0 Å². The molecule has 3 rings (SSSR count). The minimum Gasteiger partial charge on any atom is -0.323 e. The summed E-state index contributed by atoms with van der Waals surface area (Å²) in [5, 5.41) is 3.27. The molecular weight excluding hydrogens is 317 g/mol. The average Bonchev–Trinajstić information content (AvgIpc) is 2.94. The number of rotatable bonds is 3. The van der Waals surface area contributed by atoms with Crippen LogP contribution in [0.25, 0.3) is 9.40 Å². The van der Waals surface area contributed by atoms with Crippen molar-refractivity contribution in [2.24, 2.45) is 5.73 Å². The molecule has 1 nitrogen and oxygen atoms in total. The average molecular weight is 328 g/mol. The van der Waals surface area contributed by atoms with E-state index in [-0.39, 0.29) is 6.04 Å². The van der Waals surface area contributed by atoms with Crippen molar-refractivity contribution in [1.82, 2.24) is 0 Å². The third kappa shape index (κ3) is 2.81. The van der Waals surface area contributed by atoms with Gasteiger partial charge in [-0.05, 0) is 41.6 Å². The topological polar surface area (TPSA) is 26.0 Å². The van der Waals surface area contributed by atoms with Gasteiger partial charge in [-0.25, -0.2) is 0 Å². The van der Waals surface area contributed by atoms with E-state index in [9.17, 15) is 0 Å². The molecule has 0 saturated heterocycles. The highest BCUT2D eigenvalue weighted by Crippen LogP contribution is 2.34. The highest BCUT2D eigenvalue weighted by atomic mass is 35.5. The summed E-state index contributed by atoms with van der Waals surface area (Å²) in [6, 6.07) is 10.0. The molecule has 19 heavy (non-hydrogen) atoms. The summed E-state index contributed by atoms with van der Waals surface area (Å²) in [6.45, 7) is 0. The van der Waals surface area contributed by atoms with Gasteiger partial charge < -0.3 is 5.73 Å². The Morgan fingerprint density at radius 2 is 1.89 bits per heavy atom. The van der Waals surface area contributed by atoms with Crippen LogP contribution in [0.5, 0.6) is 0 Å².